The van der Waals surface area contributed by atoms with E-state index >= 15 is 0 Å². The second kappa shape index (κ2) is 40.3. The van der Waals surface area contributed by atoms with E-state index in [1.54, 1.807) is 0 Å². The summed E-state index contributed by atoms with van der Waals surface area (Å²) in [6.45, 7) is 76.4. The average Bonchev–Trinajstić information content (AvgIpc) is 0.735. The molecule has 0 atom stereocenters. The Bertz CT molecular complexity index is 4230. The summed E-state index contributed by atoms with van der Waals surface area (Å²) in [6.07, 6.45) is 4.67. The Morgan fingerprint density at radius 3 is 0.441 bits per heavy atom. The Morgan fingerprint density at radius 2 is 0.346 bits per heavy atom. The Morgan fingerprint density at radius 1 is 0.236 bits per heavy atom. The van der Waals surface area contributed by atoms with E-state index in [0.29, 0.717) is 33.4 Å². The van der Waals surface area contributed by atoms with Crippen molar-refractivity contribution in [2.24, 2.45) is 0 Å². The maximum atomic E-state index is 13.8. The van der Waals surface area contributed by atoms with Crippen LogP contribution in [0.5, 0.6) is 34.5 Å². The van der Waals surface area contributed by atoms with Gasteiger partial charge < -0.3 is 72.5 Å². The van der Waals surface area contributed by atoms with E-state index in [1.807, 2.05) is 36.4 Å². The van der Waals surface area contributed by atoms with Gasteiger partial charge in [0, 0.05) is 104 Å². The zero-order valence-electron chi connectivity index (χ0n) is 84.5. The van der Waals surface area contributed by atoms with Crippen molar-refractivity contribution >= 4 is 40.8 Å². The Kier molecular flexibility index (Phi) is 35.1. The standard InChI is InChI=1S/3C35H55O6P.Al/c3*1-13-32(5,6)22-17-25-24(21-29(36)37)26-18-23(33(7,8)14-2)20-28(35(11,12)16-4)31(26)41-42(38,39)40-30(25)27(19-22)34(9,10)15-3;/h3*17-20,24,29,36-37H,13-16,21H2,1-12H3,(H,38,39);/q;;;+3/p-3. The number of phosphoric ester groups is 3. The molecule has 3 aliphatic heterocycles. The molecular formula is C105H162AlO18P3. The van der Waals surface area contributed by atoms with Crippen molar-refractivity contribution in [3.8, 4) is 34.5 Å². The predicted molar refractivity (Wildman–Crippen MR) is 515 cm³/mol. The maximum absolute atomic E-state index is 13.8. The summed E-state index contributed by atoms with van der Waals surface area (Å²) in [4.78, 5) is 41.3. The molecule has 127 heavy (non-hydrogen) atoms. The number of aliphatic hydroxyl groups excluding tert-OH is 3. The van der Waals surface area contributed by atoms with Crippen LogP contribution in [-0.2, 0) is 78.7 Å². The molecule has 0 saturated carbocycles. The van der Waals surface area contributed by atoms with Crippen LogP contribution < -0.4 is 41.8 Å². The molecule has 6 aromatic carbocycles. The van der Waals surface area contributed by atoms with Gasteiger partial charge in [0.2, 0.25) is 0 Å². The van der Waals surface area contributed by atoms with Gasteiger partial charge in [-0.1, -0.05) is 322 Å². The van der Waals surface area contributed by atoms with Crippen molar-refractivity contribution in [2.45, 2.75) is 447 Å². The number of benzene rings is 6. The molecule has 0 aliphatic carbocycles. The third kappa shape index (κ3) is 24.4. The van der Waals surface area contributed by atoms with Crippen LogP contribution in [-0.4, -0.2) is 66.9 Å². The molecule has 0 saturated heterocycles. The van der Waals surface area contributed by atoms with Gasteiger partial charge in [0.1, 0.15) is 34.5 Å². The molecule has 0 spiro atoms. The van der Waals surface area contributed by atoms with Gasteiger partial charge in [0.25, 0.3) is 0 Å². The first kappa shape index (κ1) is 111. The molecule has 3 aliphatic rings. The minimum Gasteiger partial charge on any atom is -0.736 e. The van der Waals surface area contributed by atoms with E-state index < -0.39 is 92.6 Å². The zero-order valence-corrected chi connectivity index (χ0v) is 88.3. The molecule has 0 bridgehead atoms. The first-order valence-corrected chi connectivity index (χ1v) is 51.2. The molecule has 3 heterocycles. The van der Waals surface area contributed by atoms with Crippen LogP contribution in [0, 0.1) is 0 Å². The summed E-state index contributed by atoms with van der Waals surface area (Å²) in [5.41, 5.74) is 11.1. The smallest absolute Gasteiger partial charge is 0.736 e. The Hall–Kier alpha value is -5.02. The summed E-state index contributed by atoms with van der Waals surface area (Å²) < 4.78 is 77.0. The van der Waals surface area contributed by atoms with E-state index in [0.717, 1.165) is 144 Å². The first-order valence-electron chi connectivity index (χ1n) is 46.8. The van der Waals surface area contributed by atoms with Crippen molar-refractivity contribution in [3.05, 3.63) is 173 Å². The average molecular weight is 1830 g/mol. The maximum Gasteiger partial charge on any atom is 3.00 e. The van der Waals surface area contributed by atoms with Crippen molar-refractivity contribution in [1.29, 1.82) is 0 Å². The van der Waals surface area contributed by atoms with E-state index in [1.165, 1.54) is 0 Å². The second-order valence-electron chi connectivity index (χ2n) is 44.2. The minimum absolute atomic E-state index is 0. The fourth-order valence-electron chi connectivity index (χ4n) is 16.4. The van der Waals surface area contributed by atoms with Crippen molar-refractivity contribution in [1.82, 2.24) is 0 Å². The van der Waals surface area contributed by atoms with Crippen LogP contribution in [0.3, 0.4) is 0 Å². The molecule has 18 nitrogen and oxygen atoms in total. The van der Waals surface area contributed by atoms with Gasteiger partial charge in [0.05, 0.1) is 0 Å². The number of fused-ring (bicyclic) bond motifs is 6. The monoisotopic (exact) mass is 1830 g/mol. The third-order valence-corrected chi connectivity index (χ3v) is 33.6. The Labute approximate surface area is 776 Å². The van der Waals surface area contributed by atoms with Crippen LogP contribution in [0.25, 0.3) is 0 Å². The molecule has 0 fully saturated rings. The number of aliphatic hydroxyl groups is 6. The van der Waals surface area contributed by atoms with Gasteiger partial charge in [-0.2, -0.15) is 0 Å². The van der Waals surface area contributed by atoms with E-state index in [9.17, 15) is 59.0 Å². The van der Waals surface area contributed by atoms with Crippen molar-refractivity contribution in [3.63, 3.8) is 0 Å². The fourth-order valence-corrected chi connectivity index (χ4v) is 19.1. The van der Waals surface area contributed by atoms with Crippen LogP contribution >= 0.6 is 23.5 Å². The molecule has 0 amide bonds. The summed E-state index contributed by atoms with van der Waals surface area (Å²) >= 11 is 0. The fraction of sp³-hybridized carbons (Fsp3) is 0.657. The van der Waals surface area contributed by atoms with Crippen LogP contribution in [0.15, 0.2) is 72.8 Å². The van der Waals surface area contributed by atoms with Crippen LogP contribution in [0.1, 0.15) is 463 Å². The number of rotatable bonds is 30. The molecule has 0 aromatic heterocycles. The topological polar surface area (TPSA) is 297 Å². The molecule has 9 rings (SSSR count). The molecule has 6 aromatic rings. The van der Waals surface area contributed by atoms with E-state index in [-0.39, 0.29) is 104 Å². The molecule has 6 N–H and O–H groups in total. The normalized spacial score (nSPS) is 19.7. The quantitative estimate of drug-likeness (QED) is 0.0139. The first-order chi connectivity index (χ1) is 57.5. The van der Waals surface area contributed by atoms with Gasteiger partial charge in [-0.25, -0.2) is 13.7 Å². The number of hydrogen-bond acceptors (Lipinski definition) is 18. The minimum atomic E-state index is -4.90. The van der Waals surface area contributed by atoms with Gasteiger partial charge in [0.15, 0.2) is 18.9 Å². The molecule has 0 unspecified atom stereocenters. The molecule has 708 valence electrons. The zero-order chi connectivity index (χ0) is 96.2. The van der Waals surface area contributed by atoms with Crippen molar-refractivity contribution in [2.75, 3.05) is 0 Å². The molecule has 22 heteroatoms. The second-order valence-corrected chi connectivity index (χ2v) is 48.0. The summed E-state index contributed by atoms with van der Waals surface area (Å²) in [7, 11) is -14.7. The number of phosphoric acid groups is 3. The number of hydrogen-bond donors (Lipinski definition) is 6. The predicted octanol–water partition coefficient (Wildman–Crippen LogP) is 25.1. The van der Waals surface area contributed by atoms with Gasteiger partial charge in [-0.3, -0.25) is 0 Å². The van der Waals surface area contributed by atoms with Gasteiger partial charge >= 0.3 is 40.8 Å². The van der Waals surface area contributed by atoms with E-state index in [4.69, 9.17) is 27.1 Å². The Balaban J connectivity index is 0.000000293. The summed E-state index contributed by atoms with van der Waals surface area (Å²) in [5.74, 6) is -0.332. The van der Waals surface area contributed by atoms with E-state index in [2.05, 4.69) is 286 Å². The summed E-state index contributed by atoms with van der Waals surface area (Å²) in [5, 5.41) is 62.9. The van der Waals surface area contributed by atoms with Crippen LogP contribution in [0.4, 0.5) is 0 Å². The largest absolute Gasteiger partial charge is 3.00 e. The summed E-state index contributed by atoms with van der Waals surface area (Å²) in [6, 6.07) is 24.6. The van der Waals surface area contributed by atoms with Gasteiger partial charge in [-0.15, -0.1) is 0 Å². The molecular weight excluding hydrogens is 1670 g/mol. The molecule has 0 radical (unpaired) electrons. The van der Waals surface area contributed by atoms with Gasteiger partial charge in [-0.05, 0) is 175 Å². The SMILES string of the molecule is CCC(C)(C)c1cc2c(c(C(C)(C)CC)c1)OP(=O)([O-])Oc1c(cc(C(C)(C)CC)cc1C(C)(C)CC)C2CC(O)O.CCC(C)(C)c1cc2c(c(C(C)(C)CC)c1)OP(=O)([O-])Oc1c(cc(C(C)(C)CC)cc1C(C)(C)CC)C2CC(O)O.CCC(C)(C)c1cc2c(c(C(C)(C)CC)c1)OP(=O)([O-])Oc1c(cc(C(C)(C)CC)cc1C(C)(C)CC)C2CC(O)O.[Al+3]. The van der Waals surface area contributed by atoms with Crippen molar-refractivity contribution < 1.29 is 86.2 Å². The third-order valence-electron chi connectivity index (χ3n) is 31.2. The van der Waals surface area contributed by atoms with Crippen LogP contribution in [0.2, 0.25) is 0 Å².